The zero-order chi connectivity index (χ0) is 15.3. The van der Waals surface area contributed by atoms with Crippen LogP contribution < -0.4 is 15.8 Å². The smallest absolute Gasteiger partial charge is 0.240 e. The van der Waals surface area contributed by atoms with Gasteiger partial charge in [0.25, 0.3) is 0 Å². The number of hydrogen-bond donors (Lipinski definition) is 3. The van der Waals surface area contributed by atoms with Gasteiger partial charge < -0.3 is 11.1 Å². The van der Waals surface area contributed by atoms with Crippen LogP contribution in [0.25, 0.3) is 0 Å². The van der Waals surface area contributed by atoms with E-state index in [0.29, 0.717) is 22.3 Å². The molecule has 0 aliphatic carbocycles. The fourth-order valence-corrected chi connectivity index (χ4v) is 3.57. The van der Waals surface area contributed by atoms with Crippen LogP contribution in [-0.4, -0.2) is 27.4 Å². The van der Waals surface area contributed by atoms with Crippen molar-refractivity contribution in [2.75, 3.05) is 18.8 Å². The molecule has 1 aromatic rings. The van der Waals surface area contributed by atoms with Crippen molar-refractivity contribution >= 4 is 37.5 Å². The number of rotatable bonds is 6. The number of sulfonamides is 1. The van der Waals surface area contributed by atoms with Gasteiger partial charge in [0.2, 0.25) is 15.9 Å². The van der Waals surface area contributed by atoms with Gasteiger partial charge in [0, 0.05) is 29.7 Å². The molecule has 0 saturated carbocycles. The summed E-state index contributed by atoms with van der Waals surface area (Å²) in [5.74, 6) is -0.194. The molecule has 0 bridgehead atoms. The van der Waals surface area contributed by atoms with Crippen molar-refractivity contribution in [1.82, 2.24) is 10.0 Å². The van der Waals surface area contributed by atoms with Crippen molar-refractivity contribution in [3.05, 3.63) is 22.2 Å². The molecule has 0 radical (unpaired) electrons. The second-order valence-electron chi connectivity index (χ2n) is 4.22. The number of halogens is 1. The fraction of sp³-hybridized carbons (Fsp3) is 0.417. The Morgan fingerprint density at radius 1 is 1.40 bits per heavy atom. The van der Waals surface area contributed by atoms with Gasteiger partial charge in [-0.2, -0.15) is 0 Å². The molecular weight excluding hydrogens is 346 g/mol. The Morgan fingerprint density at radius 3 is 2.65 bits per heavy atom. The van der Waals surface area contributed by atoms with Gasteiger partial charge in [-0.05, 0) is 31.5 Å². The van der Waals surface area contributed by atoms with Gasteiger partial charge in [0.1, 0.15) is 0 Å². The summed E-state index contributed by atoms with van der Waals surface area (Å²) in [6.45, 7) is 4.00. The Bertz CT molecular complexity index is 602. The van der Waals surface area contributed by atoms with E-state index in [4.69, 9.17) is 5.73 Å². The third-order valence-corrected chi connectivity index (χ3v) is 4.72. The molecule has 1 rings (SSSR count). The van der Waals surface area contributed by atoms with Crippen molar-refractivity contribution in [1.29, 1.82) is 0 Å². The molecule has 0 unspecified atom stereocenters. The van der Waals surface area contributed by atoms with Crippen LogP contribution in [0.4, 0.5) is 5.69 Å². The summed E-state index contributed by atoms with van der Waals surface area (Å²) in [7, 11) is -3.69. The molecule has 6 nitrogen and oxygen atoms in total. The molecule has 0 atom stereocenters. The molecule has 4 N–H and O–H groups in total. The van der Waals surface area contributed by atoms with Crippen LogP contribution in [0, 0.1) is 6.92 Å². The standard InChI is InChI=1S/C12H18BrN3O3S/c1-3-15-12(17)4-5-16-20(18,19)11-7-9(13)6-10(14)8(11)2/h6-7,16H,3-5,14H2,1-2H3,(H,15,17). The van der Waals surface area contributed by atoms with Crippen molar-refractivity contribution in [3.8, 4) is 0 Å². The summed E-state index contributed by atoms with van der Waals surface area (Å²) in [5, 5.41) is 2.60. The van der Waals surface area contributed by atoms with Gasteiger partial charge in [-0.1, -0.05) is 15.9 Å². The van der Waals surface area contributed by atoms with Gasteiger partial charge in [0.15, 0.2) is 0 Å². The molecule has 0 aliphatic heterocycles. The number of nitrogen functional groups attached to an aromatic ring is 1. The number of anilines is 1. The Labute approximate surface area is 127 Å². The average molecular weight is 364 g/mol. The molecule has 8 heteroatoms. The monoisotopic (exact) mass is 363 g/mol. The van der Waals surface area contributed by atoms with Crippen LogP contribution >= 0.6 is 15.9 Å². The summed E-state index contributed by atoms with van der Waals surface area (Å²) in [6, 6.07) is 3.13. The first-order valence-corrected chi connectivity index (χ1v) is 8.37. The van der Waals surface area contributed by atoms with Crippen LogP contribution in [0.2, 0.25) is 0 Å². The van der Waals surface area contributed by atoms with Gasteiger partial charge in [-0.15, -0.1) is 0 Å². The number of nitrogens with two attached hydrogens (primary N) is 1. The number of benzene rings is 1. The van der Waals surface area contributed by atoms with Crippen LogP contribution in [0.15, 0.2) is 21.5 Å². The second kappa shape index (κ2) is 7.05. The lowest BCUT2D eigenvalue weighted by atomic mass is 10.2. The minimum atomic E-state index is -3.69. The zero-order valence-corrected chi connectivity index (χ0v) is 13.8. The van der Waals surface area contributed by atoms with Gasteiger partial charge in [-0.3, -0.25) is 4.79 Å². The summed E-state index contributed by atoms with van der Waals surface area (Å²) >= 11 is 3.22. The van der Waals surface area contributed by atoms with Gasteiger partial charge in [-0.25, -0.2) is 13.1 Å². The van der Waals surface area contributed by atoms with Gasteiger partial charge >= 0.3 is 0 Å². The van der Waals surface area contributed by atoms with Crippen LogP contribution in [0.3, 0.4) is 0 Å². The highest BCUT2D eigenvalue weighted by molar-refractivity contribution is 9.10. The van der Waals surface area contributed by atoms with E-state index in [1.54, 1.807) is 19.9 Å². The summed E-state index contributed by atoms with van der Waals surface area (Å²) < 4.78 is 27.3. The van der Waals surface area contributed by atoms with Crippen LogP contribution in [0.5, 0.6) is 0 Å². The number of carbonyl (C=O) groups excluding carboxylic acids is 1. The summed E-state index contributed by atoms with van der Waals surface area (Å²) in [5.41, 5.74) is 6.63. The molecule has 1 amide bonds. The van der Waals surface area contributed by atoms with Crippen molar-refractivity contribution in [2.24, 2.45) is 0 Å². The average Bonchev–Trinajstić information content (AvgIpc) is 2.33. The summed E-state index contributed by atoms with van der Waals surface area (Å²) in [4.78, 5) is 11.4. The molecule has 0 saturated heterocycles. The summed E-state index contributed by atoms with van der Waals surface area (Å²) in [6.07, 6.45) is 0.0929. The van der Waals surface area contributed by atoms with E-state index in [1.807, 2.05) is 0 Å². The third-order valence-electron chi connectivity index (χ3n) is 2.67. The van der Waals surface area contributed by atoms with E-state index < -0.39 is 10.0 Å². The highest BCUT2D eigenvalue weighted by atomic mass is 79.9. The lowest BCUT2D eigenvalue weighted by molar-refractivity contribution is -0.120. The third kappa shape index (κ3) is 4.46. The Hall–Kier alpha value is -1.12. The molecule has 0 spiro atoms. The van der Waals surface area contributed by atoms with Crippen molar-refractivity contribution in [3.63, 3.8) is 0 Å². The van der Waals surface area contributed by atoms with E-state index in [0.717, 1.165) is 0 Å². The highest BCUT2D eigenvalue weighted by Gasteiger charge is 2.19. The zero-order valence-electron chi connectivity index (χ0n) is 11.4. The predicted molar refractivity (Wildman–Crippen MR) is 81.8 cm³/mol. The minimum Gasteiger partial charge on any atom is -0.398 e. The first-order chi connectivity index (χ1) is 9.27. The maximum absolute atomic E-state index is 12.2. The molecular formula is C12H18BrN3O3S. The molecule has 112 valence electrons. The molecule has 1 aromatic carbocycles. The lowest BCUT2D eigenvalue weighted by Gasteiger charge is -2.11. The fourth-order valence-electron chi connectivity index (χ4n) is 1.62. The van der Waals surface area contributed by atoms with E-state index in [1.165, 1.54) is 6.07 Å². The molecule has 20 heavy (non-hydrogen) atoms. The van der Waals surface area contributed by atoms with Crippen LogP contribution in [0.1, 0.15) is 18.9 Å². The Morgan fingerprint density at radius 2 is 2.05 bits per heavy atom. The Kier molecular flexibility index (Phi) is 5.97. The van der Waals surface area contributed by atoms with Crippen molar-refractivity contribution < 1.29 is 13.2 Å². The quantitative estimate of drug-likeness (QED) is 0.659. The number of nitrogens with one attached hydrogen (secondary N) is 2. The number of hydrogen-bond acceptors (Lipinski definition) is 4. The number of amides is 1. The molecule has 0 aliphatic rings. The molecule has 0 heterocycles. The van der Waals surface area contributed by atoms with Gasteiger partial charge in [0.05, 0.1) is 4.90 Å². The largest absolute Gasteiger partial charge is 0.398 e. The SMILES string of the molecule is CCNC(=O)CCNS(=O)(=O)c1cc(Br)cc(N)c1C. The van der Waals surface area contributed by atoms with E-state index in [2.05, 4.69) is 26.0 Å². The molecule has 0 fully saturated rings. The van der Waals surface area contributed by atoms with E-state index in [-0.39, 0.29) is 23.8 Å². The normalized spacial score (nSPS) is 11.3. The Balaban J connectivity index is 2.82. The predicted octanol–water partition coefficient (Wildman–Crippen LogP) is 1.14. The number of carbonyl (C=O) groups is 1. The topological polar surface area (TPSA) is 101 Å². The lowest BCUT2D eigenvalue weighted by Crippen LogP contribution is -2.31. The minimum absolute atomic E-state index is 0.0417. The maximum atomic E-state index is 12.2. The van der Waals surface area contributed by atoms with E-state index >= 15 is 0 Å². The van der Waals surface area contributed by atoms with E-state index in [9.17, 15) is 13.2 Å². The van der Waals surface area contributed by atoms with Crippen molar-refractivity contribution in [2.45, 2.75) is 25.2 Å². The second-order valence-corrected chi connectivity index (χ2v) is 6.87. The first kappa shape index (κ1) is 16.9. The highest BCUT2D eigenvalue weighted by Crippen LogP contribution is 2.26. The van der Waals surface area contributed by atoms with Crippen LogP contribution in [-0.2, 0) is 14.8 Å². The first-order valence-electron chi connectivity index (χ1n) is 6.10. The molecule has 0 aromatic heterocycles. The maximum Gasteiger partial charge on any atom is 0.240 e.